The largest absolute Gasteiger partial charge is 0.492 e. The molecule has 120 valence electrons. The van der Waals surface area contributed by atoms with Gasteiger partial charge in [-0.15, -0.1) is 0 Å². The Labute approximate surface area is 143 Å². The Bertz CT molecular complexity index is 860. The van der Waals surface area contributed by atoms with Gasteiger partial charge < -0.3 is 4.74 Å². The van der Waals surface area contributed by atoms with Crippen molar-refractivity contribution in [2.45, 2.75) is 18.2 Å². The van der Waals surface area contributed by atoms with Gasteiger partial charge in [-0.2, -0.15) is 8.42 Å². The van der Waals surface area contributed by atoms with Crippen LogP contribution in [0.15, 0.2) is 57.0 Å². The van der Waals surface area contributed by atoms with Crippen LogP contribution in [0.3, 0.4) is 0 Å². The predicted octanol–water partition coefficient (Wildman–Crippen LogP) is 3.65. The second-order valence-corrected chi connectivity index (χ2v) is 7.56. The van der Waals surface area contributed by atoms with Gasteiger partial charge in [0.05, 0.1) is 12.3 Å². The van der Waals surface area contributed by atoms with Gasteiger partial charge >= 0.3 is 10.1 Å². The Kier molecular flexibility index (Phi) is 4.41. The predicted molar refractivity (Wildman–Crippen MR) is 90.2 cm³/mol. The van der Waals surface area contributed by atoms with Crippen LogP contribution in [0.4, 0.5) is 0 Å². The number of rotatable bonds is 3. The first-order chi connectivity index (χ1) is 11.0. The number of benzene rings is 2. The van der Waals surface area contributed by atoms with Gasteiger partial charge in [0.1, 0.15) is 10.6 Å². The molecule has 0 saturated carbocycles. The molecule has 2 aromatic carbocycles. The quantitative estimate of drug-likeness (QED) is 0.743. The van der Waals surface area contributed by atoms with Crippen molar-refractivity contribution in [1.29, 1.82) is 0 Å². The van der Waals surface area contributed by atoms with E-state index in [0.29, 0.717) is 24.5 Å². The van der Waals surface area contributed by atoms with Gasteiger partial charge in [0, 0.05) is 16.5 Å². The van der Waals surface area contributed by atoms with Crippen molar-refractivity contribution < 1.29 is 17.4 Å². The molecule has 1 aliphatic rings. The summed E-state index contributed by atoms with van der Waals surface area (Å²) in [5, 5.41) is 3.86. The standard InChI is InChI=1S/C16H14BrNO4S/c1-11-2-5-13(6-3-11)23(19,20)22-18-15-8-9-21-16-10-12(17)4-7-14(15)16/h2-7,10H,8-9H2,1H3/b18-15-. The molecule has 0 atom stereocenters. The number of fused-ring (bicyclic) bond motifs is 1. The van der Waals surface area contributed by atoms with Crippen molar-refractivity contribution in [3.63, 3.8) is 0 Å². The molecule has 0 N–H and O–H groups in total. The van der Waals surface area contributed by atoms with E-state index >= 15 is 0 Å². The molecule has 0 unspecified atom stereocenters. The highest BCUT2D eigenvalue weighted by molar-refractivity contribution is 9.10. The molecule has 0 fully saturated rings. The highest BCUT2D eigenvalue weighted by Gasteiger charge is 2.20. The van der Waals surface area contributed by atoms with Crippen LogP contribution >= 0.6 is 15.9 Å². The van der Waals surface area contributed by atoms with Crippen LogP contribution in [0, 0.1) is 6.92 Å². The number of aryl methyl sites for hydroxylation is 1. The van der Waals surface area contributed by atoms with Crippen molar-refractivity contribution >= 4 is 31.8 Å². The van der Waals surface area contributed by atoms with Gasteiger partial charge in [-0.1, -0.05) is 38.8 Å². The van der Waals surface area contributed by atoms with E-state index in [4.69, 9.17) is 9.02 Å². The molecule has 0 amide bonds. The number of ether oxygens (including phenoxy) is 1. The molecule has 3 rings (SSSR count). The molecule has 7 heteroatoms. The average molecular weight is 396 g/mol. The van der Waals surface area contributed by atoms with E-state index in [0.717, 1.165) is 15.6 Å². The highest BCUT2D eigenvalue weighted by atomic mass is 79.9. The van der Waals surface area contributed by atoms with E-state index in [9.17, 15) is 8.42 Å². The van der Waals surface area contributed by atoms with Crippen LogP contribution in [0.2, 0.25) is 0 Å². The molecule has 0 bridgehead atoms. The Hall–Kier alpha value is -1.86. The van der Waals surface area contributed by atoms with Gasteiger partial charge in [0.25, 0.3) is 0 Å². The lowest BCUT2D eigenvalue weighted by atomic mass is 10.0. The molecule has 1 aliphatic heterocycles. The summed E-state index contributed by atoms with van der Waals surface area (Å²) in [5.74, 6) is 0.653. The maximum absolute atomic E-state index is 12.2. The summed E-state index contributed by atoms with van der Waals surface area (Å²) in [5.41, 5.74) is 2.26. The fourth-order valence-electron chi connectivity index (χ4n) is 2.18. The first kappa shape index (κ1) is 16.0. The van der Waals surface area contributed by atoms with Crippen molar-refractivity contribution in [3.05, 3.63) is 58.1 Å². The summed E-state index contributed by atoms with van der Waals surface area (Å²) < 4.78 is 35.7. The molecule has 0 spiro atoms. The summed E-state index contributed by atoms with van der Waals surface area (Å²) >= 11 is 3.37. The van der Waals surface area contributed by atoms with Gasteiger partial charge in [-0.3, -0.25) is 4.28 Å². The van der Waals surface area contributed by atoms with Gasteiger partial charge in [-0.25, -0.2) is 0 Å². The molecule has 1 heterocycles. The normalized spacial score (nSPS) is 15.8. The van der Waals surface area contributed by atoms with Crippen LogP contribution in [0.1, 0.15) is 17.5 Å². The molecule has 2 aromatic rings. The minimum Gasteiger partial charge on any atom is -0.492 e. The number of hydrogen-bond donors (Lipinski definition) is 0. The van der Waals surface area contributed by atoms with E-state index < -0.39 is 10.1 Å². The zero-order valence-electron chi connectivity index (χ0n) is 12.3. The zero-order valence-corrected chi connectivity index (χ0v) is 14.7. The van der Waals surface area contributed by atoms with Crippen LogP contribution < -0.4 is 4.74 Å². The van der Waals surface area contributed by atoms with E-state index in [1.54, 1.807) is 12.1 Å². The second kappa shape index (κ2) is 6.33. The fraction of sp³-hybridized carbons (Fsp3) is 0.188. The lowest BCUT2D eigenvalue weighted by Gasteiger charge is -2.18. The molecule has 5 nitrogen and oxygen atoms in total. The van der Waals surface area contributed by atoms with E-state index in [1.807, 2.05) is 25.1 Å². The Morgan fingerprint density at radius 1 is 1.17 bits per heavy atom. The third-order valence-electron chi connectivity index (χ3n) is 3.41. The van der Waals surface area contributed by atoms with Crippen molar-refractivity contribution in [1.82, 2.24) is 0 Å². The molecule has 0 aliphatic carbocycles. The average Bonchev–Trinajstić information content (AvgIpc) is 2.53. The lowest BCUT2D eigenvalue weighted by Crippen LogP contribution is -2.17. The maximum Gasteiger partial charge on any atom is 0.358 e. The summed E-state index contributed by atoms with van der Waals surface area (Å²) in [6.07, 6.45) is 0.484. The molecule has 0 aromatic heterocycles. The first-order valence-corrected chi connectivity index (χ1v) is 9.16. The van der Waals surface area contributed by atoms with Gasteiger partial charge in [-0.05, 0) is 37.3 Å². The second-order valence-electron chi connectivity index (χ2n) is 5.12. The highest BCUT2D eigenvalue weighted by Crippen LogP contribution is 2.29. The zero-order chi connectivity index (χ0) is 16.4. The third-order valence-corrected chi connectivity index (χ3v) is 5.02. The van der Waals surface area contributed by atoms with Crippen LogP contribution in [-0.2, 0) is 14.4 Å². The van der Waals surface area contributed by atoms with Crippen molar-refractivity contribution in [2.75, 3.05) is 6.61 Å². The summed E-state index contributed by atoms with van der Waals surface area (Å²) in [4.78, 5) is 0.0792. The molecule has 0 saturated heterocycles. The first-order valence-electron chi connectivity index (χ1n) is 6.96. The van der Waals surface area contributed by atoms with E-state index in [2.05, 4.69) is 21.1 Å². The van der Waals surface area contributed by atoms with E-state index in [-0.39, 0.29) is 4.90 Å². The number of nitrogens with zero attached hydrogens (tertiary/aromatic N) is 1. The SMILES string of the molecule is Cc1ccc(S(=O)(=O)O/N=C2/CCOc3cc(Br)ccc32)cc1. The van der Waals surface area contributed by atoms with Crippen molar-refractivity contribution in [3.8, 4) is 5.75 Å². The molecular formula is C16H14BrNO4S. The lowest BCUT2D eigenvalue weighted by molar-refractivity contribution is 0.308. The Morgan fingerprint density at radius 3 is 2.65 bits per heavy atom. The summed E-state index contributed by atoms with van der Waals surface area (Å²) in [6.45, 7) is 2.31. The molecule has 23 heavy (non-hydrogen) atoms. The number of oxime groups is 1. The summed E-state index contributed by atoms with van der Waals surface area (Å²) in [6, 6.07) is 11.9. The maximum atomic E-state index is 12.2. The topological polar surface area (TPSA) is 65.0 Å². The number of halogens is 1. The third kappa shape index (κ3) is 3.56. The number of hydrogen-bond acceptors (Lipinski definition) is 5. The molecule has 0 radical (unpaired) electrons. The molecular weight excluding hydrogens is 382 g/mol. The van der Waals surface area contributed by atoms with Crippen LogP contribution in [0.5, 0.6) is 5.75 Å². The van der Waals surface area contributed by atoms with Gasteiger partial charge in [0.2, 0.25) is 0 Å². The minimum atomic E-state index is -3.92. The fourth-order valence-corrected chi connectivity index (χ4v) is 3.27. The smallest absolute Gasteiger partial charge is 0.358 e. The Balaban J connectivity index is 1.88. The van der Waals surface area contributed by atoms with Gasteiger partial charge in [0.15, 0.2) is 0 Å². The monoisotopic (exact) mass is 395 g/mol. The van der Waals surface area contributed by atoms with Crippen LogP contribution in [0.25, 0.3) is 0 Å². The van der Waals surface area contributed by atoms with E-state index in [1.165, 1.54) is 12.1 Å². The minimum absolute atomic E-state index is 0.0792. The van der Waals surface area contributed by atoms with Crippen LogP contribution in [-0.4, -0.2) is 20.7 Å². The Morgan fingerprint density at radius 2 is 1.91 bits per heavy atom. The van der Waals surface area contributed by atoms with Crippen molar-refractivity contribution in [2.24, 2.45) is 5.16 Å². The summed E-state index contributed by atoms with van der Waals surface area (Å²) in [7, 11) is -3.92.